The van der Waals surface area contributed by atoms with Crippen LogP contribution in [0.4, 0.5) is 0 Å². The number of rotatable bonds is 1. The molecule has 0 atom stereocenters. The van der Waals surface area contributed by atoms with E-state index in [1.807, 2.05) is 0 Å². The van der Waals surface area contributed by atoms with Crippen molar-refractivity contribution < 1.29 is 14.7 Å². The molecule has 1 N–H and O–H groups in total. The van der Waals surface area contributed by atoms with E-state index in [4.69, 9.17) is 10.6 Å². The molecular weight excluding hydrogens is 204 g/mol. The van der Waals surface area contributed by atoms with Gasteiger partial charge in [0.15, 0.2) is 0 Å². The lowest BCUT2D eigenvalue weighted by molar-refractivity contribution is -0.132. The molecule has 0 aliphatic heterocycles. The first kappa shape index (κ1) is 11.3. The Hall–Kier alpha value is -1.15. The maximum Gasteiger partial charge on any atom is 0.411 e. The molecule has 16 heavy (non-hydrogen) atoms. The van der Waals surface area contributed by atoms with Crippen molar-refractivity contribution in [2.45, 2.75) is 38.5 Å². The van der Waals surface area contributed by atoms with Crippen LogP contribution in [0.25, 0.3) is 5.53 Å². The van der Waals surface area contributed by atoms with E-state index in [0.717, 1.165) is 0 Å². The van der Waals surface area contributed by atoms with Crippen LogP contribution < -0.4 is 0 Å². The molecule has 4 heteroatoms. The fourth-order valence-corrected chi connectivity index (χ4v) is 4.03. The Morgan fingerprint density at radius 1 is 1.00 bits per heavy atom. The molecule has 4 aliphatic carbocycles. The molecule has 4 saturated carbocycles. The normalized spacial score (nSPS) is 38.2. The molecule has 4 fully saturated rings. The molecule has 0 radical (unpaired) electrons. The minimum absolute atomic E-state index is 0.389. The average Bonchev–Trinajstić information content (AvgIpc) is 2.15. The number of nitrogens with zero attached hydrogens (tertiary/aromatic N) is 2. The largest absolute Gasteiger partial charge is 0.473 e. The molecule has 0 aromatic heterocycles. The van der Waals surface area contributed by atoms with E-state index in [-0.39, 0.29) is 0 Å². The molecule has 0 aromatic carbocycles. The van der Waals surface area contributed by atoms with Crippen molar-refractivity contribution in [3.8, 4) is 0 Å². The average molecular weight is 222 g/mol. The van der Waals surface area contributed by atoms with Crippen LogP contribution in [0.15, 0.2) is 0 Å². The maximum absolute atomic E-state index is 9.29. The Labute approximate surface area is 95.3 Å². The monoisotopic (exact) mass is 222 g/mol. The zero-order chi connectivity index (χ0) is 11.5. The van der Waals surface area contributed by atoms with Crippen molar-refractivity contribution in [3.63, 3.8) is 0 Å². The van der Waals surface area contributed by atoms with Crippen LogP contribution in [0.2, 0.25) is 0 Å². The number of carboxylic acid groups (broad SMARTS) is 1. The molecule has 0 saturated heterocycles. The molecule has 88 valence electrons. The summed E-state index contributed by atoms with van der Waals surface area (Å²) in [5, 5.41) is 7.60. The van der Waals surface area contributed by atoms with Crippen LogP contribution in [0.3, 0.4) is 0 Å². The van der Waals surface area contributed by atoms with Gasteiger partial charge in [-0.2, -0.15) is 4.79 Å². The third kappa shape index (κ3) is 2.70. The third-order valence-electron chi connectivity index (χ3n) is 4.17. The van der Waals surface area contributed by atoms with E-state index >= 15 is 0 Å². The molecule has 0 spiro atoms. The van der Waals surface area contributed by atoms with Gasteiger partial charge in [-0.3, -0.25) is 0 Å². The fourth-order valence-electron chi connectivity index (χ4n) is 4.03. The first-order valence-corrected chi connectivity index (χ1v) is 6.07. The van der Waals surface area contributed by atoms with Crippen molar-refractivity contribution in [3.05, 3.63) is 5.53 Å². The van der Waals surface area contributed by atoms with Crippen molar-refractivity contribution in [1.82, 2.24) is 0 Å². The summed E-state index contributed by atoms with van der Waals surface area (Å²) in [6.07, 6.45) is 10.0. The molecular formula is C12H18N2O2. The highest BCUT2D eigenvalue weighted by Gasteiger charge is 2.41. The molecule has 4 rings (SSSR count). The summed E-state index contributed by atoms with van der Waals surface area (Å²) in [5.74, 6) is 3.46. The number of hydrogen-bond donors (Lipinski definition) is 1. The highest BCUT2D eigenvalue weighted by molar-refractivity contribution is 6.19. The third-order valence-corrected chi connectivity index (χ3v) is 4.17. The Morgan fingerprint density at radius 2 is 1.31 bits per heavy atom. The minimum Gasteiger partial charge on any atom is -0.473 e. The summed E-state index contributed by atoms with van der Waals surface area (Å²) in [4.78, 5) is 11.5. The van der Waals surface area contributed by atoms with Gasteiger partial charge in [0, 0.05) is 0 Å². The molecule has 0 aromatic rings. The SMILES string of the molecule is C1C2CC3CC1CC(C2)C3.[N-]=[N+]=CC(=O)O. The maximum atomic E-state index is 9.29. The zero-order valence-electron chi connectivity index (χ0n) is 9.38. The van der Waals surface area contributed by atoms with Gasteiger partial charge in [0.05, 0.1) is 0 Å². The van der Waals surface area contributed by atoms with E-state index in [0.29, 0.717) is 6.21 Å². The number of hydrogen-bond acceptors (Lipinski definition) is 1. The highest BCUT2D eigenvalue weighted by atomic mass is 16.4. The molecule has 4 aliphatic rings. The second kappa shape index (κ2) is 4.79. The van der Waals surface area contributed by atoms with Crippen LogP contribution in [-0.4, -0.2) is 22.1 Å². The zero-order valence-corrected chi connectivity index (χ0v) is 9.38. The quantitative estimate of drug-likeness (QED) is 0.419. The van der Waals surface area contributed by atoms with Gasteiger partial charge in [-0.15, -0.1) is 0 Å². The van der Waals surface area contributed by atoms with Crippen LogP contribution in [-0.2, 0) is 4.79 Å². The lowest BCUT2D eigenvalue weighted by Crippen LogP contribution is -2.38. The van der Waals surface area contributed by atoms with Crippen molar-refractivity contribution in [1.29, 1.82) is 0 Å². The van der Waals surface area contributed by atoms with Gasteiger partial charge in [0.2, 0.25) is 0 Å². The molecule has 0 heterocycles. The molecule has 0 amide bonds. The Balaban J connectivity index is 0.000000142. The number of aliphatic carboxylic acids is 1. The summed E-state index contributed by atoms with van der Waals surface area (Å²) >= 11 is 0. The number of carboxylic acids is 1. The van der Waals surface area contributed by atoms with Gasteiger partial charge in [0.1, 0.15) is 0 Å². The first-order valence-electron chi connectivity index (χ1n) is 6.07. The van der Waals surface area contributed by atoms with Crippen LogP contribution >= 0.6 is 0 Å². The summed E-state index contributed by atoms with van der Waals surface area (Å²) in [5.41, 5.74) is 7.43. The lowest BCUT2D eigenvalue weighted by atomic mass is 9.56. The Kier molecular flexibility index (Phi) is 3.39. The second-order valence-electron chi connectivity index (χ2n) is 5.46. The van der Waals surface area contributed by atoms with E-state index < -0.39 is 5.97 Å². The van der Waals surface area contributed by atoms with E-state index in [9.17, 15) is 4.79 Å². The number of carbonyl (C=O) groups is 1. The Morgan fingerprint density at radius 3 is 1.44 bits per heavy atom. The smallest absolute Gasteiger partial charge is 0.411 e. The van der Waals surface area contributed by atoms with E-state index in [1.54, 1.807) is 38.5 Å². The summed E-state index contributed by atoms with van der Waals surface area (Å²) in [6, 6.07) is 0. The summed E-state index contributed by atoms with van der Waals surface area (Å²) in [7, 11) is 0. The standard InChI is InChI=1S/C10H16.C2H2N2O2/c1-7-2-9-4-8(1)5-10(3-7)6-9;3-4-1-2(5)6/h7-10H,1-6H2;1H,(H,5,6). The van der Waals surface area contributed by atoms with Crippen molar-refractivity contribution >= 4 is 12.2 Å². The van der Waals surface area contributed by atoms with E-state index in [1.165, 1.54) is 23.7 Å². The van der Waals surface area contributed by atoms with Crippen LogP contribution in [0.5, 0.6) is 0 Å². The van der Waals surface area contributed by atoms with Gasteiger partial charge in [0.25, 0.3) is 0 Å². The summed E-state index contributed by atoms with van der Waals surface area (Å²) in [6.45, 7) is 0. The van der Waals surface area contributed by atoms with Crippen molar-refractivity contribution in [2.75, 3.05) is 0 Å². The molecule has 0 unspecified atom stereocenters. The van der Waals surface area contributed by atoms with Gasteiger partial charge in [-0.05, 0) is 62.2 Å². The van der Waals surface area contributed by atoms with Crippen molar-refractivity contribution in [2.24, 2.45) is 23.7 Å². The van der Waals surface area contributed by atoms with Crippen LogP contribution in [0, 0.1) is 23.7 Å². The molecule has 4 bridgehead atoms. The van der Waals surface area contributed by atoms with E-state index in [2.05, 4.69) is 4.79 Å². The predicted octanol–water partition coefficient (Wildman–Crippen LogP) is 2.20. The second-order valence-corrected chi connectivity index (χ2v) is 5.46. The first-order chi connectivity index (χ1) is 7.67. The van der Waals surface area contributed by atoms with Gasteiger partial charge >= 0.3 is 12.2 Å². The minimum atomic E-state index is -1.25. The van der Waals surface area contributed by atoms with Crippen LogP contribution in [0.1, 0.15) is 38.5 Å². The molecule has 4 nitrogen and oxygen atoms in total. The predicted molar refractivity (Wildman–Crippen MR) is 59.0 cm³/mol. The van der Waals surface area contributed by atoms with Gasteiger partial charge < -0.3 is 10.6 Å². The van der Waals surface area contributed by atoms with Gasteiger partial charge in [-0.25, -0.2) is 4.79 Å². The fraction of sp³-hybridized carbons (Fsp3) is 0.833. The Bertz CT molecular complexity index is 264. The topological polar surface area (TPSA) is 73.7 Å². The van der Waals surface area contributed by atoms with Gasteiger partial charge in [-0.1, -0.05) is 0 Å². The summed E-state index contributed by atoms with van der Waals surface area (Å²) < 4.78 is 0. The highest BCUT2D eigenvalue weighted by Crippen LogP contribution is 2.53. The lowest BCUT2D eigenvalue weighted by Gasteiger charge is -2.49.